The predicted molar refractivity (Wildman–Crippen MR) is 89.6 cm³/mol. The number of benzene rings is 1. The number of nitrogens with zero attached hydrogens (tertiary/aromatic N) is 1. The molecule has 0 radical (unpaired) electrons. The average molecular weight is 389 g/mol. The molecule has 1 N–H and O–H groups in total. The lowest BCUT2D eigenvalue weighted by Gasteiger charge is -2.18. The van der Waals surface area contributed by atoms with E-state index in [0.717, 1.165) is 4.90 Å². The zero-order valence-electron chi connectivity index (χ0n) is 14.9. The van der Waals surface area contributed by atoms with Crippen molar-refractivity contribution in [1.82, 2.24) is 4.90 Å². The molecule has 0 bridgehead atoms. The van der Waals surface area contributed by atoms with Crippen molar-refractivity contribution < 1.29 is 37.3 Å². The number of hydrogen-bond acceptors (Lipinski definition) is 4. The van der Waals surface area contributed by atoms with Crippen LogP contribution in [0.4, 0.5) is 13.2 Å². The number of carbonyl (C=O) groups excluding carboxylic acids is 1. The van der Waals surface area contributed by atoms with Gasteiger partial charge in [-0.2, -0.15) is 13.2 Å². The van der Waals surface area contributed by atoms with Gasteiger partial charge in [0.1, 0.15) is 0 Å². The number of carboxylic acid groups (broad SMARTS) is 1. The minimum absolute atomic E-state index is 0.0201. The quantitative estimate of drug-likeness (QED) is 0.692. The van der Waals surface area contributed by atoms with Gasteiger partial charge in [0.05, 0.1) is 25.0 Å². The minimum atomic E-state index is -4.65. The van der Waals surface area contributed by atoms with Gasteiger partial charge in [0.15, 0.2) is 11.5 Å². The number of rotatable bonds is 8. The maximum atomic E-state index is 13.0. The molecular weight excluding hydrogens is 367 g/mol. The third-order valence-corrected chi connectivity index (χ3v) is 4.35. The minimum Gasteiger partial charge on any atom is -0.490 e. The summed E-state index contributed by atoms with van der Waals surface area (Å²) < 4.78 is 49.9. The molecule has 2 atom stereocenters. The Bertz CT molecular complexity index is 665. The zero-order chi connectivity index (χ0) is 20.0. The van der Waals surface area contributed by atoms with E-state index in [-0.39, 0.29) is 13.0 Å². The van der Waals surface area contributed by atoms with Crippen molar-refractivity contribution in [2.75, 3.05) is 26.3 Å². The molecule has 6 nitrogen and oxygen atoms in total. The molecule has 9 heteroatoms. The van der Waals surface area contributed by atoms with Crippen molar-refractivity contribution in [2.45, 2.75) is 25.9 Å². The molecular formula is C18H22F3NO5. The van der Waals surface area contributed by atoms with Crippen LogP contribution >= 0.6 is 0 Å². The maximum absolute atomic E-state index is 13.0. The largest absolute Gasteiger partial charge is 0.490 e. The first-order valence-corrected chi connectivity index (χ1v) is 8.66. The zero-order valence-corrected chi connectivity index (χ0v) is 14.9. The smallest absolute Gasteiger partial charge is 0.394 e. The molecule has 1 saturated heterocycles. The Hall–Kier alpha value is -2.45. The molecule has 1 aliphatic heterocycles. The fourth-order valence-corrected chi connectivity index (χ4v) is 3.00. The van der Waals surface area contributed by atoms with Crippen LogP contribution in [0.1, 0.15) is 19.8 Å². The van der Waals surface area contributed by atoms with Gasteiger partial charge in [0.2, 0.25) is 5.91 Å². The molecule has 2 rings (SSSR count). The summed E-state index contributed by atoms with van der Waals surface area (Å²) in [6.45, 7) is 1.46. The van der Waals surface area contributed by atoms with E-state index in [1.54, 1.807) is 24.3 Å². The predicted octanol–water partition coefficient (Wildman–Crippen LogP) is 2.97. The highest BCUT2D eigenvalue weighted by Gasteiger charge is 2.53. The van der Waals surface area contributed by atoms with Crippen LogP contribution in [-0.4, -0.2) is 54.4 Å². The van der Waals surface area contributed by atoms with Crippen LogP contribution in [0.3, 0.4) is 0 Å². The molecule has 27 heavy (non-hydrogen) atoms. The van der Waals surface area contributed by atoms with Gasteiger partial charge in [-0.05, 0) is 25.5 Å². The van der Waals surface area contributed by atoms with Gasteiger partial charge in [-0.15, -0.1) is 0 Å². The maximum Gasteiger partial charge on any atom is 0.394 e. The SMILES string of the molecule is CCOc1ccccc1OCCCC(=O)N1C[C@@H](C(F)(F)F)[C@H](C(=O)O)C1. The standard InChI is InChI=1S/C18H22F3NO5/c1-2-26-14-6-3-4-7-15(14)27-9-5-8-16(23)22-10-12(17(24)25)13(11-22)18(19,20)21/h3-4,6-7,12-13H,2,5,8-11H2,1H3,(H,24,25)/t12-,13-/m1/s1. The van der Waals surface area contributed by atoms with Gasteiger partial charge in [0, 0.05) is 19.5 Å². The van der Waals surface area contributed by atoms with E-state index in [1.807, 2.05) is 6.92 Å². The van der Waals surface area contributed by atoms with Gasteiger partial charge in [-0.25, -0.2) is 0 Å². The summed E-state index contributed by atoms with van der Waals surface area (Å²) in [7, 11) is 0. The van der Waals surface area contributed by atoms with Gasteiger partial charge >= 0.3 is 12.1 Å². The summed E-state index contributed by atoms with van der Waals surface area (Å²) in [4.78, 5) is 24.2. The summed E-state index contributed by atoms with van der Waals surface area (Å²) in [5.74, 6) is -4.60. The van der Waals surface area contributed by atoms with Crippen LogP contribution in [-0.2, 0) is 9.59 Å². The molecule has 150 valence electrons. The first-order chi connectivity index (χ1) is 12.7. The average Bonchev–Trinajstić information content (AvgIpc) is 3.06. The molecule has 0 spiro atoms. The monoisotopic (exact) mass is 389 g/mol. The van der Waals surface area contributed by atoms with Crippen molar-refractivity contribution >= 4 is 11.9 Å². The van der Waals surface area contributed by atoms with Gasteiger partial charge in [0.25, 0.3) is 0 Å². The molecule has 1 fully saturated rings. The van der Waals surface area contributed by atoms with Gasteiger partial charge < -0.3 is 19.5 Å². The number of ether oxygens (including phenoxy) is 2. The summed E-state index contributed by atoms with van der Waals surface area (Å²) in [6.07, 6.45) is -4.37. The van der Waals surface area contributed by atoms with Crippen molar-refractivity contribution in [1.29, 1.82) is 0 Å². The Balaban J connectivity index is 1.83. The fourth-order valence-electron chi connectivity index (χ4n) is 3.00. The first kappa shape index (κ1) is 20.9. The molecule has 1 heterocycles. The Morgan fingerprint density at radius 3 is 2.33 bits per heavy atom. The number of alkyl halides is 3. The molecule has 0 unspecified atom stereocenters. The lowest BCUT2D eigenvalue weighted by atomic mass is 9.96. The topological polar surface area (TPSA) is 76.1 Å². The number of carboxylic acids is 1. The third kappa shape index (κ3) is 5.51. The van der Waals surface area contributed by atoms with E-state index in [9.17, 15) is 22.8 Å². The summed E-state index contributed by atoms with van der Waals surface area (Å²) in [5, 5.41) is 8.99. The van der Waals surface area contributed by atoms with Crippen LogP contribution in [0.25, 0.3) is 0 Å². The summed E-state index contributed by atoms with van der Waals surface area (Å²) >= 11 is 0. The van der Waals surface area contributed by atoms with Gasteiger partial charge in [-0.3, -0.25) is 9.59 Å². The highest BCUT2D eigenvalue weighted by atomic mass is 19.4. The van der Waals surface area contributed by atoms with E-state index in [1.165, 1.54) is 0 Å². The number of para-hydroxylation sites is 2. The van der Waals surface area contributed by atoms with Crippen LogP contribution < -0.4 is 9.47 Å². The highest BCUT2D eigenvalue weighted by Crippen LogP contribution is 2.38. The Kier molecular flexibility index (Phi) is 6.92. The number of halogens is 3. The van der Waals surface area contributed by atoms with Crippen LogP contribution in [0, 0.1) is 11.8 Å². The normalized spacial score (nSPS) is 19.8. The first-order valence-electron chi connectivity index (χ1n) is 8.66. The molecule has 0 saturated carbocycles. The highest BCUT2D eigenvalue weighted by molar-refractivity contribution is 5.79. The molecule has 0 aliphatic carbocycles. The third-order valence-electron chi connectivity index (χ3n) is 4.35. The number of amides is 1. The lowest BCUT2D eigenvalue weighted by molar-refractivity contribution is -0.188. The van der Waals surface area contributed by atoms with E-state index >= 15 is 0 Å². The van der Waals surface area contributed by atoms with Crippen LogP contribution in [0.5, 0.6) is 11.5 Å². The van der Waals surface area contributed by atoms with Crippen molar-refractivity contribution in [3.8, 4) is 11.5 Å². The number of likely N-dealkylation sites (tertiary alicyclic amines) is 1. The fraction of sp³-hybridized carbons (Fsp3) is 0.556. The van der Waals surface area contributed by atoms with Crippen molar-refractivity contribution in [3.63, 3.8) is 0 Å². The van der Waals surface area contributed by atoms with Crippen LogP contribution in [0.15, 0.2) is 24.3 Å². The van der Waals surface area contributed by atoms with Gasteiger partial charge in [-0.1, -0.05) is 12.1 Å². The second-order valence-electron chi connectivity index (χ2n) is 6.22. The lowest BCUT2D eigenvalue weighted by Crippen LogP contribution is -2.34. The van der Waals surface area contributed by atoms with E-state index in [4.69, 9.17) is 14.6 Å². The van der Waals surface area contributed by atoms with E-state index < -0.39 is 43.0 Å². The summed E-state index contributed by atoms with van der Waals surface area (Å²) in [5.41, 5.74) is 0. The Labute approximate surface area is 154 Å². The second kappa shape index (κ2) is 8.96. The summed E-state index contributed by atoms with van der Waals surface area (Å²) in [6, 6.07) is 7.04. The van der Waals surface area contributed by atoms with Crippen molar-refractivity contribution in [3.05, 3.63) is 24.3 Å². The van der Waals surface area contributed by atoms with E-state index in [0.29, 0.717) is 24.5 Å². The molecule has 1 aliphatic rings. The Morgan fingerprint density at radius 2 is 1.81 bits per heavy atom. The Morgan fingerprint density at radius 1 is 1.19 bits per heavy atom. The molecule has 1 aromatic rings. The number of aliphatic carboxylic acids is 1. The van der Waals surface area contributed by atoms with Crippen LogP contribution in [0.2, 0.25) is 0 Å². The molecule has 1 aromatic carbocycles. The van der Waals surface area contributed by atoms with Crippen molar-refractivity contribution in [2.24, 2.45) is 11.8 Å². The number of hydrogen-bond donors (Lipinski definition) is 1. The van der Waals surface area contributed by atoms with E-state index in [2.05, 4.69) is 0 Å². The molecule has 1 amide bonds. The second-order valence-corrected chi connectivity index (χ2v) is 6.22. The molecule has 0 aromatic heterocycles. The number of carbonyl (C=O) groups is 2.